The molecule has 118 valence electrons. The third-order valence-electron chi connectivity index (χ3n) is 3.95. The summed E-state index contributed by atoms with van der Waals surface area (Å²) in [6.45, 7) is 2.00. The second-order valence-electron chi connectivity index (χ2n) is 5.57. The number of hydrogen-bond acceptors (Lipinski definition) is 4. The Kier molecular flexibility index (Phi) is 5.40. The SMILES string of the molecule is Cc1csc(C(=O)O)c1S(=O)(=O)NCCC1CCCCC1. The van der Waals surface area contributed by atoms with Crippen LogP contribution < -0.4 is 4.72 Å². The van der Waals surface area contributed by atoms with Gasteiger partial charge in [0.15, 0.2) is 0 Å². The lowest BCUT2D eigenvalue weighted by Crippen LogP contribution is -2.28. The topological polar surface area (TPSA) is 83.5 Å². The largest absolute Gasteiger partial charge is 0.477 e. The summed E-state index contributed by atoms with van der Waals surface area (Å²) in [7, 11) is -3.74. The predicted molar refractivity (Wildman–Crippen MR) is 82.4 cm³/mol. The van der Waals surface area contributed by atoms with Crippen LogP contribution >= 0.6 is 11.3 Å². The molecule has 0 unspecified atom stereocenters. The predicted octanol–water partition coefficient (Wildman–Crippen LogP) is 3.00. The molecule has 2 N–H and O–H groups in total. The van der Waals surface area contributed by atoms with Gasteiger partial charge in [0, 0.05) is 6.54 Å². The van der Waals surface area contributed by atoms with Gasteiger partial charge in [0.1, 0.15) is 9.77 Å². The first-order valence-electron chi connectivity index (χ1n) is 7.23. The van der Waals surface area contributed by atoms with Gasteiger partial charge in [0.05, 0.1) is 0 Å². The lowest BCUT2D eigenvalue weighted by molar-refractivity contribution is 0.0698. The van der Waals surface area contributed by atoms with E-state index in [1.165, 1.54) is 32.1 Å². The zero-order valence-electron chi connectivity index (χ0n) is 12.1. The number of carbonyl (C=O) groups is 1. The van der Waals surface area contributed by atoms with E-state index in [0.29, 0.717) is 18.0 Å². The maximum absolute atomic E-state index is 12.3. The summed E-state index contributed by atoms with van der Waals surface area (Å²) in [4.78, 5) is 10.9. The molecule has 0 aliphatic heterocycles. The minimum Gasteiger partial charge on any atom is -0.477 e. The molecule has 7 heteroatoms. The molecule has 0 aromatic carbocycles. The Bertz CT molecular complexity index is 600. The van der Waals surface area contributed by atoms with Gasteiger partial charge >= 0.3 is 5.97 Å². The van der Waals surface area contributed by atoms with E-state index in [2.05, 4.69) is 4.72 Å². The lowest BCUT2D eigenvalue weighted by Gasteiger charge is -2.21. The van der Waals surface area contributed by atoms with Gasteiger partial charge in [-0.15, -0.1) is 11.3 Å². The Balaban J connectivity index is 2.01. The standard InChI is InChI=1S/C14H21NO4S2/c1-10-9-20-12(14(16)17)13(10)21(18,19)15-8-7-11-5-3-2-4-6-11/h9,11,15H,2-8H2,1H3,(H,16,17). The maximum atomic E-state index is 12.3. The van der Waals surface area contributed by atoms with Crippen molar-refractivity contribution in [2.45, 2.75) is 50.3 Å². The molecule has 1 aromatic heterocycles. The van der Waals surface area contributed by atoms with Crippen molar-refractivity contribution in [2.75, 3.05) is 6.54 Å². The Labute approximate surface area is 129 Å². The molecule has 0 amide bonds. The first kappa shape index (κ1) is 16.5. The van der Waals surface area contributed by atoms with Crippen molar-refractivity contribution in [3.05, 3.63) is 15.8 Å². The molecule has 1 fully saturated rings. The smallest absolute Gasteiger partial charge is 0.347 e. The molecule has 0 atom stereocenters. The number of hydrogen-bond donors (Lipinski definition) is 2. The van der Waals surface area contributed by atoms with E-state index < -0.39 is 16.0 Å². The summed E-state index contributed by atoms with van der Waals surface area (Å²) in [5, 5.41) is 10.7. The van der Waals surface area contributed by atoms with Crippen LogP contribution in [0.5, 0.6) is 0 Å². The quantitative estimate of drug-likeness (QED) is 0.839. The summed E-state index contributed by atoms with van der Waals surface area (Å²) in [6.07, 6.45) is 6.89. The van der Waals surface area contributed by atoms with Gasteiger partial charge in [-0.2, -0.15) is 0 Å². The van der Waals surface area contributed by atoms with Crippen molar-refractivity contribution in [3.8, 4) is 0 Å². The van der Waals surface area contributed by atoms with Gasteiger partial charge in [0.25, 0.3) is 0 Å². The highest BCUT2D eigenvalue weighted by Crippen LogP contribution is 2.28. The highest BCUT2D eigenvalue weighted by Gasteiger charge is 2.26. The molecule has 1 aromatic rings. The van der Waals surface area contributed by atoms with Crippen molar-refractivity contribution in [2.24, 2.45) is 5.92 Å². The molecule has 1 aliphatic carbocycles. The molecule has 2 rings (SSSR count). The minimum absolute atomic E-state index is 0.0800. The Morgan fingerprint density at radius 3 is 2.67 bits per heavy atom. The van der Waals surface area contributed by atoms with Crippen molar-refractivity contribution in [3.63, 3.8) is 0 Å². The summed E-state index contributed by atoms with van der Waals surface area (Å²) in [5.41, 5.74) is 0.488. The molecule has 5 nitrogen and oxygen atoms in total. The fourth-order valence-electron chi connectivity index (χ4n) is 2.86. The Morgan fingerprint density at radius 1 is 1.38 bits per heavy atom. The second-order valence-corrected chi connectivity index (χ2v) is 8.16. The molecular weight excluding hydrogens is 310 g/mol. The molecular formula is C14H21NO4S2. The number of aromatic carboxylic acids is 1. The molecule has 0 spiro atoms. The average Bonchev–Trinajstić information content (AvgIpc) is 2.83. The summed E-state index contributed by atoms with van der Waals surface area (Å²) < 4.78 is 27.2. The molecule has 1 saturated carbocycles. The number of rotatable bonds is 6. The zero-order valence-corrected chi connectivity index (χ0v) is 13.7. The van der Waals surface area contributed by atoms with E-state index in [9.17, 15) is 13.2 Å². The van der Waals surface area contributed by atoms with Crippen LogP contribution in [0.4, 0.5) is 0 Å². The van der Waals surface area contributed by atoms with Crippen LogP contribution in [0.25, 0.3) is 0 Å². The fraction of sp³-hybridized carbons (Fsp3) is 0.643. The minimum atomic E-state index is -3.74. The lowest BCUT2D eigenvalue weighted by atomic mass is 9.87. The van der Waals surface area contributed by atoms with Crippen LogP contribution in [0.1, 0.15) is 53.8 Å². The van der Waals surface area contributed by atoms with E-state index in [4.69, 9.17) is 5.11 Å². The van der Waals surface area contributed by atoms with Crippen LogP contribution in [0, 0.1) is 12.8 Å². The number of carboxylic acids is 1. The first-order chi connectivity index (χ1) is 9.92. The molecule has 21 heavy (non-hydrogen) atoms. The maximum Gasteiger partial charge on any atom is 0.347 e. The normalized spacial score (nSPS) is 17.0. The van der Waals surface area contributed by atoms with E-state index in [1.807, 2.05) is 0 Å². The number of sulfonamides is 1. The van der Waals surface area contributed by atoms with Crippen LogP contribution in [0.2, 0.25) is 0 Å². The van der Waals surface area contributed by atoms with Crippen molar-refractivity contribution < 1.29 is 18.3 Å². The fourth-order valence-corrected chi connectivity index (χ4v) is 5.53. The van der Waals surface area contributed by atoms with E-state index >= 15 is 0 Å². The molecule has 0 radical (unpaired) electrons. The highest BCUT2D eigenvalue weighted by molar-refractivity contribution is 7.89. The summed E-state index contributed by atoms with van der Waals surface area (Å²) in [5.74, 6) is -0.607. The van der Waals surface area contributed by atoms with Gasteiger partial charge in [-0.1, -0.05) is 32.1 Å². The van der Waals surface area contributed by atoms with E-state index in [1.54, 1.807) is 12.3 Å². The van der Waals surface area contributed by atoms with Gasteiger partial charge in [-0.05, 0) is 30.2 Å². The van der Waals surface area contributed by atoms with Gasteiger partial charge < -0.3 is 5.11 Å². The molecule has 1 heterocycles. The second kappa shape index (κ2) is 6.89. The van der Waals surface area contributed by atoms with Gasteiger partial charge in [-0.3, -0.25) is 0 Å². The molecule has 0 saturated heterocycles. The summed E-state index contributed by atoms with van der Waals surface area (Å²) in [6, 6.07) is 0. The van der Waals surface area contributed by atoms with Crippen LogP contribution in [0.15, 0.2) is 10.3 Å². The Hall–Kier alpha value is -0.920. The number of carboxylic acid groups (broad SMARTS) is 1. The first-order valence-corrected chi connectivity index (χ1v) is 9.59. The third kappa shape index (κ3) is 4.05. The molecule has 0 bridgehead atoms. The van der Waals surface area contributed by atoms with Gasteiger partial charge in [0.2, 0.25) is 10.0 Å². The van der Waals surface area contributed by atoms with Crippen molar-refractivity contribution in [1.82, 2.24) is 4.72 Å². The van der Waals surface area contributed by atoms with Crippen LogP contribution in [-0.2, 0) is 10.0 Å². The highest BCUT2D eigenvalue weighted by atomic mass is 32.2. The number of thiophene rings is 1. The van der Waals surface area contributed by atoms with Crippen LogP contribution in [-0.4, -0.2) is 26.0 Å². The van der Waals surface area contributed by atoms with Crippen LogP contribution in [0.3, 0.4) is 0 Å². The van der Waals surface area contributed by atoms with Crippen molar-refractivity contribution >= 4 is 27.3 Å². The average molecular weight is 331 g/mol. The summed E-state index contributed by atoms with van der Waals surface area (Å²) >= 11 is 0.954. The third-order valence-corrected chi connectivity index (χ3v) is 6.81. The monoisotopic (exact) mass is 331 g/mol. The van der Waals surface area contributed by atoms with Crippen molar-refractivity contribution in [1.29, 1.82) is 0 Å². The van der Waals surface area contributed by atoms with E-state index in [0.717, 1.165) is 17.8 Å². The van der Waals surface area contributed by atoms with Gasteiger partial charge in [-0.25, -0.2) is 17.9 Å². The Morgan fingerprint density at radius 2 is 2.05 bits per heavy atom. The molecule has 1 aliphatic rings. The van der Waals surface area contributed by atoms with E-state index in [-0.39, 0.29) is 9.77 Å². The number of nitrogens with one attached hydrogen (secondary N) is 1. The number of aryl methyl sites for hydroxylation is 1. The zero-order chi connectivity index (χ0) is 15.5.